The summed E-state index contributed by atoms with van der Waals surface area (Å²) >= 11 is 0. The highest BCUT2D eigenvalue weighted by molar-refractivity contribution is 5.88. The second-order valence-electron chi connectivity index (χ2n) is 6.73. The maximum atomic E-state index is 13.5. The lowest BCUT2D eigenvalue weighted by molar-refractivity contribution is 0.324. The topological polar surface area (TPSA) is 81.7 Å². The van der Waals surface area contributed by atoms with Crippen molar-refractivity contribution in [3.05, 3.63) is 47.4 Å². The highest BCUT2D eigenvalue weighted by Gasteiger charge is 2.20. The zero-order chi connectivity index (χ0) is 18.1. The molecule has 0 bridgehead atoms. The standard InChI is InChI=1S/C18H20F2N6/c19-13-5-12(6-14(20)8-13)7-15-16-17(21)23-10-24-18(16)26(25-15)9-11-1-3-22-4-2-11/h5-6,8,10-11,22H,1-4,7,9H2,(H2,21,23,24). The van der Waals surface area contributed by atoms with Gasteiger partial charge in [-0.2, -0.15) is 5.10 Å². The van der Waals surface area contributed by atoms with Crippen LogP contribution in [0.25, 0.3) is 11.0 Å². The number of benzene rings is 1. The molecule has 6 nitrogen and oxygen atoms in total. The van der Waals surface area contributed by atoms with Crippen molar-refractivity contribution < 1.29 is 8.78 Å². The number of halogens is 2. The van der Waals surface area contributed by atoms with Gasteiger partial charge in [0.2, 0.25) is 0 Å². The average Bonchev–Trinajstić information content (AvgIpc) is 2.93. The van der Waals surface area contributed by atoms with E-state index in [1.165, 1.54) is 18.5 Å². The van der Waals surface area contributed by atoms with E-state index in [4.69, 9.17) is 5.73 Å². The molecule has 1 fully saturated rings. The number of hydrogen-bond donors (Lipinski definition) is 2. The molecule has 0 radical (unpaired) electrons. The van der Waals surface area contributed by atoms with E-state index in [2.05, 4.69) is 20.4 Å². The monoisotopic (exact) mass is 358 g/mol. The third kappa shape index (κ3) is 3.37. The minimum atomic E-state index is -0.609. The van der Waals surface area contributed by atoms with Gasteiger partial charge >= 0.3 is 0 Å². The molecule has 0 amide bonds. The lowest BCUT2D eigenvalue weighted by Gasteiger charge is -2.22. The van der Waals surface area contributed by atoms with Gasteiger partial charge in [-0.3, -0.25) is 0 Å². The number of piperidine rings is 1. The van der Waals surface area contributed by atoms with E-state index in [1.807, 2.05) is 4.68 Å². The zero-order valence-electron chi connectivity index (χ0n) is 14.3. The summed E-state index contributed by atoms with van der Waals surface area (Å²) < 4.78 is 28.9. The molecule has 26 heavy (non-hydrogen) atoms. The third-order valence-electron chi connectivity index (χ3n) is 4.81. The quantitative estimate of drug-likeness (QED) is 0.748. The highest BCUT2D eigenvalue weighted by Crippen LogP contribution is 2.26. The number of hydrogen-bond acceptors (Lipinski definition) is 5. The van der Waals surface area contributed by atoms with E-state index in [0.29, 0.717) is 34.0 Å². The van der Waals surface area contributed by atoms with Gasteiger partial charge in [0.05, 0.1) is 11.1 Å². The molecule has 3 aromatic rings. The predicted molar refractivity (Wildman–Crippen MR) is 94.5 cm³/mol. The van der Waals surface area contributed by atoms with Crippen molar-refractivity contribution in [1.82, 2.24) is 25.1 Å². The normalized spacial score (nSPS) is 15.6. The van der Waals surface area contributed by atoms with Crippen molar-refractivity contribution in [3.63, 3.8) is 0 Å². The molecule has 0 unspecified atom stereocenters. The largest absolute Gasteiger partial charge is 0.383 e. The van der Waals surface area contributed by atoms with Crippen molar-refractivity contribution >= 4 is 16.9 Å². The van der Waals surface area contributed by atoms with Crippen molar-refractivity contribution in [2.75, 3.05) is 18.8 Å². The Morgan fingerprint density at radius 2 is 1.85 bits per heavy atom. The summed E-state index contributed by atoms with van der Waals surface area (Å²) in [6.45, 7) is 2.74. The fourth-order valence-corrected chi connectivity index (χ4v) is 3.57. The molecule has 1 aliphatic heterocycles. The second kappa shape index (κ2) is 6.95. The summed E-state index contributed by atoms with van der Waals surface area (Å²) in [5.41, 5.74) is 7.86. The van der Waals surface area contributed by atoms with Crippen LogP contribution in [0.3, 0.4) is 0 Å². The number of anilines is 1. The van der Waals surface area contributed by atoms with Crippen LogP contribution in [0.1, 0.15) is 24.1 Å². The van der Waals surface area contributed by atoms with Gasteiger partial charge in [-0.25, -0.2) is 23.4 Å². The first-order valence-corrected chi connectivity index (χ1v) is 8.71. The molecule has 2 aromatic heterocycles. The van der Waals surface area contributed by atoms with Crippen LogP contribution < -0.4 is 11.1 Å². The third-order valence-corrected chi connectivity index (χ3v) is 4.81. The Kier molecular flexibility index (Phi) is 4.50. The first-order valence-electron chi connectivity index (χ1n) is 8.71. The van der Waals surface area contributed by atoms with E-state index in [9.17, 15) is 8.78 Å². The minimum absolute atomic E-state index is 0.266. The van der Waals surface area contributed by atoms with Crippen molar-refractivity contribution in [3.8, 4) is 0 Å². The number of rotatable bonds is 4. The SMILES string of the molecule is Nc1ncnc2c1c(Cc1cc(F)cc(F)c1)nn2CC1CCNCC1. The van der Waals surface area contributed by atoms with Crippen LogP contribution in [-0.2, 0) is 13.0 Å². The number of fused-ring (bicyclic) bond motifs is 1. The maximum Gasteiger partial charge on any atom is 0.163 e. The molecular weight excluding hydrogens is 338 g/mol. The summed E-state index contributed by atoms with van der Waals surface area (Å²) in [5, 5.41) is 8.68. The number of nitrogens with two attached hydrogens (primary N) is 1. The molecule has 136 valence electrons. The zero-order valence-corrected chi connectivity index (χ0v) is 14.3. The summed E-state index contributed by atoms with van der Waals surface area (Å²) in [6.07, 6.45) is 3.84. The van der Waals surface area contributed by atoms with Gasteiger partial charge in [0.25, 0.3) is 0 Å². The molecule has 0 aliphatic carbocycles. The second-order valence-corrected chi connectivity index (χ2v) is 6.73. The molecule has 8 heteroatoms. The Morgan fingerprint density at radius 1 is 1.12 bits per heavy atom. The summed E-state index contributed by atoms with van der Waals surface area (Å²) in [7, 11) is 0. The minimum Gasteiger partial charge on any atom is -0.383 e. The Hall–Kier alpha value is -2.61. The Labute approximate surface area is 149 Å². The van der Waals surface area contributed by atoms with Crippen LogP contribution >= 0.6 is 0 Å². The van der Waals surface area contributed by atoms with Crippen LogP contribution in [0.5, 0.6) is 0 Å². The summed E-state index contributed by atoms with van der Waals surface area (Å²) in [6, 6.07) is 3.47. The Balaban J connectivity index is 1.71. The smallest absolute Gasteiger partial charge is 0.163 e. The fourth-order valence-electron chi connectivity index (χ4n) is 3.57. The van der Waals surface area contributed by atoms with Crippen molar-refractivity contribution in [1.29, 1.82) is 0 Å². The molecule has 0 spiro atoms. The van der Waals surface area contributed by atoms with Crippen molar-refractivity contribution in [2.45, 2.75) is 25.8 Å². The van der Waals surface area contributed by atoms with Crippen molar-refractivity contribution in [2.24, 2.45) is 5.92 Å². The molecule has 4 rings (SSSR count). The van der Waals surface area contributed by atoms with Crippen LogP contribution in [0.2, 0.25) is 0 Å². The van der Waals surface area contributed by atoms with E-state index < -0.39 is 11.6 Å². The first-order chi connectivity index (χ1) is 12.6. The van der Waals surface area contributed by atoms with Gasteiger partial charge in [-0.15, -0.1) is 0 Å². The van der Waals surface area contributed by atoms with Gasteiger partial charge in [0.15, 0.2) is 5.65 Å². The van der Waals surface area contributed by atoms with Gasteiger partial charge in [-0.1, -0.05) is 0 Å². The lowest BCUT2D eigenvalue weighted by Crippen LogP contribution is -2.30. The van der Waals surface area contributed by atoms with Crippen LogP contribution in [-0.4, -0.2) is 32.8 Å². The number of nitrogens with zero attached hydrogens (tertiary/aromatic N) is 4. The number of aromatic nitrogens is 4. The van der Waals surface area contributed by atoms with Crippen LogP contribution in [0, 0.1) is 17.6 Å². The fraction of sp³-hybridized carbons (Fsp3) is 0.389. The van der Waals surface area contributed by atoms with Crippen LogP contribution in [0.15, 0.2) is 24.5 Å². The lowest BCUT2D eigenvalue weighted by atomic mass is 9.98. The number of nitrogens with one attached hydrogen (secondary N) is 1. The molecular formula is C18H20F2N6. The van der Waals surface area contributed by atoms with Gasteiger partial charge < -0.3 is 11.1 Å². The summed E-state index contributed by atoms with van der Waals surface area (Å²) in [4.78, 5) is 8.41. The Morgan fingerprint density at radius 3 is 2.58 bits per heavy atom. The Bertz CT molecular complexity index is 913. The predicted octanol–water partition coefficient (Wildman–Crippen LogP) is 2.28. The van der Waals surface area contributed by atoms with Crippen LogP contribution in [0.4, 0.5) is 14.6 Å². The maximum absolute atomic E-state index is 13.5. The van der Waals surface area contributed by atoms with E-state index in [0.717, 1.165) is 38.5 Å². The van der Waals surface area contributed by atoms with Gasteiger partial charge in [-0.05, 0) is 49.5 Å². The molecule has 3 heterocycles. The molecule has 3 N–H and O–H groups in total. The molecule has 1 aliphatic rings. The molecule has 0 atom stereocenters. The van der Waals surface area contributed by atoms with Gasteiger partial charge in [0, 0.05) is 19.0 Å². The van der Waals surface area contributed by atoms with E-state index >= 15 is 0 Å². The average molecular weight is 358 g/mol. The molecule has 0 saturated carbocycles. The highest BCUT2D eigenvalue weighted by atomic mass is 19.1. The summed E-state index contributed by atoms with van der Waals surface area (Å²) in [5.74, 6) is -0.376. The molecule has 1 aromatic carbocycles. The molecule has 1 saturated heterocycles. The first kappa shape index (κ1) is 16.8. The van der Waals surface area contributed by atoms with E-state index in [1.54, 1.807) is 0 Å². The van der Waals surface area contributed by atoms with Gasteiger partial charge in [0.1, 0.15) is 23.8 Å². The number of nitrogen functional groups attached to an aromatic ring is 1. The van der Waals surface area contributed by atoms with E-state index in [-0.39, 0.29) is 6.42 Å².